The van der Waals surface area contributed by atoms with Gasteiger partial charge >= 0.3 is 0 Å². The number of aliphatic hydroxyl groups is 1. The van der Waals surface area contributed by atoms with E-state index in [1.807, 2.05) is 18.2 Å². The maximum absolute atomic E-state index is 10.8. The fraction of sp³-hybridized carbons (Fsp3) is 0.462. The van der Waals surface area contributed by atoms with Crippen LogP contribution >= 0.6 is 0 Å². The van der Waals surface area contributed by atoms with Crippen LogP contribution in [0.15, 0.2) is 30.3 Å². The van der Waals surface area contributed by atoms with Gasteiger partial charge in [0.05, 0.1) is 0 Å². The minimum Gasteiger partial charge on any atom is -0.382 e. The molecule has 0 saturated heterocycles. The molecule has 0 aromatic heterocycles. The first-order valence-electron chi connectivity index (χ1n) is 5.94. The van der Waals surface area contributed by atoms with Gasteiger partial charge in [0, 0.05) is 12.6 Å². The molecular formula is C13H18N2O2. The predicted molar refractivity (Wildman–Crippen MR) is 65.1 cm³/mol. The average Bonchev–Trinajstić information content (AvgIpc) is 3.15. The smallest absolute Gasteiger partial charge is 0.247 e. The number of aliphatic hydroxyl groups excluding tert-OH is 1. The van der Waals surface area contributed by atoms with E-state index in [1.165, 1.54) is 18.4 Å². The Balaban J connectivity index is 1.97. The molecule has 0 aliphatic heterocycles. The van der Waals surface area contributed by atoms with Crippen molar-refractivity contribution in [2.75, 3.05) is 6.54 Å². The molecule has 1 aliphatic carbocycles. The largest absolute Gasteiger partial charge is 0.382 e. The van der Waals surface area contributed by atoms with E-state index in [0.29, 0.717) is 5.92 Å². The zero-order valence-corrected chi connectivity index (χ0v) is 9.67. The second-order valence-corrected chi connectivity index (χ2v) is 4.55. The average molecular weight is 234 g/mol. The molecule has 4 heteroatoms. The summed E-state index contributed by atoms with van der Waals surface area (Å²) in [6.45, 7) is 0.214. The zero-order chi connectivity index (χ0) is 12.3. The molecule has 0 spiro atoms. The SMILES string of the molecule is NC(=O)C(O)CNC(c1ccccc1)C1CC1. The third-order valence-electron chi connectivity index (χ3n) is 3.11. The third-order valence-corrected chi connectivity index (χ3v) is 3.11. The van der Waals surface area contributed by atoms with Crippen LogP contribution in [0.2, 0.25) is 0 Å². The normalized spacial score (nSPS) is 18.6. The van der Waals surface area contributed by atoms with Gasteiger partial charge in [0.1, 0.15) is 6.10 Å². The van der Waals surface area contributed by atoms with Gasteiger partial charge < -0.3 is 16.2 Å². The number of primary amides is 1. The topological polar surface area (TPSA) is 75.4 Å². The van der Waals surface area contributed by atoms with E-state index >= 15 is 0 Å². The number of rotatable bonds is 6. The first-order chi connectivity index (χ1) is 8.18. The number of nitrogens with two attached hydrogens (primary N) is 1. The van der Waals surface area contributed by atoms with Crippen LogP contribution in [0, 0.1) is 5.92 Å². The summed E-state index contributed by atoms with van der Waals surface area (Å²) >= 11 is 0. The Morgan fingerprint density at radius 1 is 1.41 bits per heavy atom. The Morgan fingerprint density at radius 3 is 2.59 bits per heavy atom. The lowest BCUT2D eigenvalue weighted by atomic mass is 10.0. The Morgan fingerprint density at radius 2 is 2.06 bits per heavy atom. The lowest BCUT2D eigenvalue weighted by Crippen LogP contribution is -2.39. The second-order valence-electron chi connectivity index (χ2n) is 4.55. The molecule has 2 unspecified atom stereocenters. The highest BCUT2D eigenvalue weighted by Crippen LogP contribution is 2.40. The van der Waals surface area contributed by atoms with Gasteiger partial charge in [0.15, 0.2) is 0 Å². The highest BCUT2D eigenvalue weighted by Gasteiger charge is 2.32. The molecule has 1 saturated carbocycles. The number of amides is 1. The van der Waals surface area contributed by atoms with E-state index in [9.17, 15) is 9.90 Å². The van der Waals surface area contributed by atoms with E-state index in [0.717, 1.165) is 0 Å². The van der Waals surface area contributed by atoms with Gasteiger partial charge in [0.25, 0.3) is 0 Å². The molecule has 1 fully saturated rings. The molecule has 2 atom stereocenters. The van der Waals surface area contributed by atoms with Crippen molar-refractivity contribution in [2.45, 2.75) is 25.0 Å². The van der Waals surface area contributed by atoms with Crippen LogP contribution in [-0.4, -0.2) is 23.7 Å². The minimum atomic E-state index is -1.11. The highest BCUT2D eigenvalue weighted by molar-refractivity contribution is 5.78. The lowest BCUT2D eigenvalue weighted by Gasteiger charge is -2.20. The molecule has 17 heavy (non-hydrogen) atoms. The van der Waals surface area contributed by atoms with Gasteiger partial charge in [-0.15, -0.1) is 0 Å². The van der Waals surface area contributed by atoms with Crippen LogP contribution in [0.1, 0.15) is 24.4 Å². The van der Waals surface area contributed by atoms with Crippen LogP contribution in [-0.2, 0) is 4.79 Å². The van der Waals surface area contributed by atoms with Crippen LogP contribution in [0.3, 0.4) is 0 Å². The van der Waals surface area contributed by atoms with Gasteiger partial charge in [-0.3, -0.25) is 4.79 Å². The van der Waals surface area contributed by atoms with Crippen molar-refractivity contribution < 1.29 is 9.90 Å². The first-order valence-corrected chi connectivity index (χ1v) is 5.94. The highest BCUT2D eigenvalue weighted by atomic mass is 16.3. The lowest BCUT2D eigenvalue weighted by molar-refractivity contribution is -0.125. The van der Waals surface area contributed by atoms with E-state index in [4.69, 9.17) is 5.73 Å². The summed E-state index contributed by atoms with van der Waals surface area (Å²) in [6, 6.07) is 10.3. The summed E-state index contributed by atoms with van der Waals surface area (Å²) in [5.74, 6) is -0.0717. The minimum absolute atomic E-state index is 0.213. The van der Waals surface area contributed by atoms with Gasteiger partial charge in [-0.1, -0.05) is 30.3 Å². The summed E-state index contributed by atoms with van der Waals surface area (Å²) in [6.07, 6.45) is 1.28. The molecule has 4 nitrogen and oxygen atoms in total. The fourth-order valence-corrected chi connectivity index (χ4v) is 1.99. The summed E-state index contributed by atoms with van der Waals surface area (Å²) in [5, 5.41) is 12.6. The molecule has 0 heterocycles. The van der Waals surface area contributed by atoms with Crippen LogP contribution in [0.25, 0.3) is 0 Å². The van der Waals surface area contributed by atoms with Gasteiger partial charge in [-0.2, -0.15) is 0 Å². The second kappa shape index (κ2) is 5.29. The summed E-state index contributed by atoms with van der Waals surface area (Å²) in [5.41, 5.74) is 6.22. The van der Waals surface area contributed by atoms with E-state index in [1.54, 1.807) is 0 Å². The maximum Gasteiger partial charge on any atom is 0.247 e. The first kappa shape index (κ1) is 12.1. The molecule has 0 radical (unpaired) electrons. The molecule has 4 N–H and O–H groups in total. The van der Waals surface area contributed by atoms with Gasteiger partial charge in [-0.25, -0.2) is 0 Å². The Kier molecular flexibility index (Phi) is 3.76. The molecule has 1 aromatic rings. The molecule has 1 aromatic carbocycles. The van der Waals surface area contributed by atoms with Gasteiger partial charge in [0.2, 0.25) is 5.91 Å². The maximum atomic E-state index is 10.8. The van der Waals surface area contributed by atoms with Crippen molar-refractivity contribution in [1.29, 1.82) is 0 Å². The van der Waals surface area contributed by atoms with Crippen molar-refractivity contribution in [1.82, 2.24) is 5.32 Å². The summed E-state index contributed by atoms with van der Waals surface area (Å²) in [7, 11) is 0. The number of benzene rings is 1. The van der Waals surface area contributed by atoms with Crippen LogP contribution in [0.5, 0.6) is 0 Å². The van der Waals surface area contributed by atoms with E-state index in [2.05, 4.69) is 17.4 Å². The standard InChI is InChI=1S/C13H18N2O2/c14-13(17)11(16)8-15-12(10-6-7-10)9-4-2-1-3-5-9/h1-5,10-12,15-16H,6-8H2,(H2,14,17). The predicted octanol–water partition coefficient (Wildman–Crippen LogP) is 0.573. The molecule has 92 valence electrons. The van der Waals surface area contributed by atoms with E-state index < -0.39 is 12.0 Å². The Hall–Kier alpha value is -1.39. The molecule has 1 amide bonds. The molecule has 0 bridgehead atoms. The van der Waals surface area contributed by atoms with Crippen molar-refractivity contribution in [3.05, 3.63) is 35.9 Å². The van der Waals surface area contributed by atoms with Gasteiger partial charge in [-0.05, 0) is 24.3 Å². The van der Waals surface area contributed by atoms with Crippen molar-refractivity contribution in [2.24, 2.45) is 11.7 Å². The Labute approximate surface area is 101 Å². The summed E-state index contributed by atoms with van der Waals surface area (Å²) in [4.78, 5) is 10.8. The zero-order valence-electron chi connectivity index (χ0n) is 9.67. The summed E-state index contributed by atoms with van der Waals surface area (Å²) < 4.78 is 0. The van der Waals surface area contributed by atoms with Crippen molar-refractivity contribution in [3.63, 3.8) is 0 Å². The quantitative estimate of drug-likeness (QED) is 0.673. The van der Waals surface area contributed by atoms with E-state index in [-0.39, 0.29) is 12.6 Å². The fourth-order valence-electron chi connectivity index (χ4n) is 1.99. The number of nitrogens with one attached hydrogen (secondary N) is 1. The molecular weight excluding hydrogens is 216 g/mol. The number of hydrogen-bond donors (Lipinski definition) is 3. The van der Waals surface area contributed by atoms with Crippen LogP contribution < -0.4 is 11.1 Å². The number of carbonyl (C=O) groups excluding carboxylic acids is 1. The van der Waals surface area contributed by atoms with Crippen LogP contribution in [0.4, 0.5) is 0 Å². The number of hydrogen-bond acceptors (Lipinski definition) is 3. The molecule has 1 aliphatic rings. The van der Waals surface area contributed by atoms with Crippen molar-refractivity contribution >= 4 is 5.91 Å². The Bertz CT molecular complexity index is 376. The van der Waals surface area contributed by atoms with Crippen molar-refractivity contribution in [3.8, 4) is 0 Å². The molecule has 2 rings (SSSR count). The third kappa shape index (κ3) is 3.28. The monoisotopic (exact) mass is 234 g/mol. The number of carbonyl (C=O) groups is 1.